The van der Waals surface area contributed by atoms with E-state index in [1.54, 1.807) is 0 Å². The smallest absolute Gasteiger partial charge is 0.135 e. The third-order valence-corrected chi connectivity index (χ3v) is 8.65. The molecule has 0 radical (unpaired) electrons. The Morgan fingerprint density at radius 2 is 0.927 bits per heavy atom. The van der Waals surface area contributed by atoms with E-state index < -0.39 is 0 Å². The summed E-state index contributed by atoms with van der Waals surface area (Å²) in [6.45, 7) is 4.40. The first kappa shape index (κ1) is 22.5. The average Bonchev–Trinajstić information content (AvgIpc) is 3.64. The molecule has 0 aliphatic rings. The zero-order valence-corrected chi connectivity index (χ0v) is 22.8. The molecular formula is C38H26N2O. The average molecular weight is 527 g/mol. The summed E-state index contributed by atoms with van der Waals surface area (Å²) in [5, 5.41) is 7.37. The van der Waals surface area contributed by atoms with E-state index in [0.717, 1.165) is 33.3 Å². The van der Waals surface area contributed by atoms with Crippen LogP contribution in [0.5, 0.6) is 0 Å². The van der Waals surface area contributed by atoms with Gasteiger partial charge in [-0.2, -0.15) is 0 Å². The number of nitrogens with zero attached hydrogens (tertiary/aromatic N) is 2. The van der Waals surface area contributed by atoms with Gasteiger partial charge in [0.1, 0.15) is 11.2 Å². The lowest BCUT2D eigenvalue weighted by atomic mass is 10.0. The molecule has 0 saturated carbocycles. The number of aryl methyl sites for hydroxylation is 2. The quantitative estimate of drug-likeness (QED) is 0.220. The molecule has 3 nitrogen and oxygen atoms in total. The molecule has 0 fully saturated rings. The molecular weight excluding hydrogens is 500 g/mol. The molecule has 0 spiro atoms. The van der Waals surface area contributed by atoms with Gasteiger partial charge in [0.05, 0.1) is 22.1 Å². The predicted octanol–water partition coefficient (Wildman–Crippen LogP) is 10.4. The van der Waals surface area contributed by atoms with Crippen molar-refractivity contribution in [2.45, 2.75) is 13.8 Å². The second kappa shape index (κ2) is 8.12. The molecule has 9 aromatic rings. The van der Waals surface area contributed by atoms with Gasteiger partial charge in [0.15, 0.2) is 0 Å². The minimum atomic E-state index is 0.899. The molecule has 0 aliphatic carbocycles. The molecule has 3 heteroatoms. The van der Waals surface area contributed by atoms with Crippen molar-refractivity contribution in [3.63, 3.8) is 0 Å². The van der Waals surface area contributed by atoms with Crippen LogP contribution in [0.25, 0.3) is 76.9 Å². The first-order valence-electron chi connectivity index (χ1n) is 14.1. The van der Waals surface area contributed by atoms with E-state index in [1.807, 2.05) is 0 Å². The molecule has 41 heavy (non-hydrogen) atoms. The molecule has 194 valence electrons. The summed E-state index contributed by atoms with van der Waals surface area (Å²) in [7, 11) is 0. The van der Waals surface area contributed by atoms with Crippen molar-refractivity contribution in [2.24, 2.45) is 0 Å². The Kier molecular flexibility index (Phi) is 4.46. The number of para-hydroxylation sites is 3. The molecule has 0 unspecified atom stereocenters. The van der Waals surface area contributed by atoms with Gasteiger partial charge in [-0.25, -0.2) is 0 Å². The van der Waals surface area contributed by atoms with Gasteiger partial charge in [-0.05, 0) is 85.6 Å². The Morgan fingerprint density at radius 1 is 0.439 bits per heavy atom. The fourth-order valence-corrected chi connectivity index (χ4v) is 6.99. The van der Waals surface area contributed by atoms with E-state index in [1.165, 1.54) is 54.7 Å². The largest absolute Gasteiger partial charge is 0.456 e. The lowest BCUT2D eigenvalue weighted by molar-refractivity contribution is 0.669. The van der Waals surface area contributed by atoms with Crippen molar-refractivity contribution >= 4 is 65.6 Å². The van der Waals surface area contributed by atoms with Crippen LogP contribution in [0.3, 0.4) is 0 Å². The maximum absolute atomic E-state index is 6.37. The van der Waals surface area contributed by atoms with Crippen molar-refractivity contribution < 1.29 is 4.42 Å². The van der Waals surface area contributed by atoms with E-state index in [9.17, 15) is 0 Å². The molecule has 0 aliphatic heterocycles. The maximum Gasteiger partial charge on any atom is 0.135 e. The third kappa shape index (κ3) is 3.09. The standard InChI is InChI=1S/C38H26N2O/c1-23-19-24(2)38-29-11-5-8-14-34(29)40(35(38)20-23)26-16-18-37-31(22-26)30-21-25(15-17-36(30)41-37)39-32-12-6-3-9-27(32)28-10-4-7-13-33(28)39/h3-22H,1-2H3. The van der Waals surface area contributed by atoms with Gasteiger partial charge >= 0.3 is 0 Å². The van der Waals surface area contributed by atoms with Crippen molar-refractivity contribution in [2.75, 3.05) is 0 Å². The van der Waals surface area contributed by atoms with Crippen LogP contribution in [0, 0.1) is 13.8 Å². The van der Waals surface area contributed by atoms with Gasteiger partial charge in [0.2, 0.25) is 0 Å². The normalized spacial score (nSPS) is 12.1. The Labute approximate surface area is 236 Å². The Morgan fingerprint density at radius 3 is 1.51 bits per heavy atom. The van der Waals surface area contributed by atoms with Crippen LogP contribution in [0.2, 0.25) is 0 Å². The SMILES string of the molecule is Cc1cc(C)c2c3ccccc3n(-c3ccc4oc5ccc(-n6c7ccccc7c7ccccc76)cc5c4c3)c2c1. The lowest BCUT2D eigenvalue weighted by Crippen LogP contribution is -1.94. The highest BCUT2D eigenvalue weighted by molar-refractivity contribution is 6.13. The summed E-state index contributed by atoms with van der Waals surface area (Å²) in [6.07, 6.45) is 0. The maximum atomic E-state index is 6.37. The summed E-state index contributed by atoms with van der Waals surface area (Å²) in [5.74, 6) is 0. The molecule has 0 atom stereocenters. The van der Waals surface area contributed by atoms with Crippen molar-refractivity contribution in [1.82, 2.24) is 9.13 Å². The van der Waals surface area contributed by atoms with Gasteiger partial charge in [0.25, 0.3) is 0 Å². The van der Waals surface area contributed by atoms with Crippen LogP contribution >= 0.6 is 0 Å². The number of aromatic nitrogens is 2. The minimum Gasteiger partial charge on any atom is -0.456 e. The highest BCUT2D eigenvalue weighted by Crippen LogP contribution is 2.38. The van der Waals surface area contributed by atoms with Crippen LogP contribution in [0.4, 0.5) is 0 Å². The topological polar surface area (TPSA) is 23.0 Å². The third-order valence-electron chi connectivity index (χ3n) is 8.65. The second-order valence-corrected chi connectivity index (χ2v) is 11.2. The van der Waals surface area contributed by atoms with Gasteiger partial charge in [0, 0.05) is 43.7 Å². The molecule has 9 rings (SSSR count). The molecule has 3 aromatic heterocycles. The van der Waals surface area contributed by atoms with Gasteiger partial charge in [-0.3, -0.25) is 0 Å². The van der Waals surface area contributed by atoms with E-state index in [0.29, 0.717) is 0 Å². The molecule has 3 heterocycles. The Bertz CT molecular complexity index is 2450. The lowest BCUT2D eigenvalue weighted by Gasteiger charge is -2.09. The zero-order valence-electron chi connectivity index (χ0n) is 22.8. The van der Waals surface area contributed by atoms with E-state index >= 15 is 0 Å². The first-order valence-corrected chi connectivity index (χ1v) is 14.1. The number of fused-ring (bicyclic) bond motifs is 9. The summed E-state index contributed by atoms with van der Waals surface area (Å²) in [4.78, 5) is 0. The highest BCUT2D eigenvalue weighted by Gasteiger charge is 2.17. The summed E-state index contributed by atoms with van der Waals surface area (Å²) in [6, 6.07) is 43.8. The van der Waals surface area contributed by atoms with Crippen LogP contribution in [0.1, 0.15) is 11.1 Å². The predicted molar refractivity (Wildman–Crippen MR) is 172 cm³/mol. The Balaban J connectivity index is 1.33. The molecule has 0 N–H and O–H groups in total. The molecule has 0 amide bonds. The molecule has 6 aromatic carbocycles. The second-order valence-electron chi connectivity index (χ2n) is 11.2. The van der Waals surface area contributed by atoms with Crippen LogP contribution in [-0.4, -0.2) is 9.13 Å². The number of furan rings is 1. The summed E-state index contributed by atoms with van der Waals surface area (Å²) >= 11 is 0. The van der Waals surface area contributed by atoms with E-state index in [2.05, 4.69) is 144 Å². The van der Waals surface area contributed by atoms with Crippen molar-refractivity contribution in [3.8, 4) is 11.4 Å². The number of hydrogen-bond acceptors (Lipinski definition) is 1. The fourth-order valence-electron chi connectivity index (χ4n) is 6.99. The minimum absolute atomic E-state index is 0.899. The van der Waals surface area contributed by atoms with Crippen LogP contribution in [0.15, 0.2) is 126 Å². The van der Waals surface area contributed by atoms with Crippen LogP contribution < -0.4 is 0 Å². The Hall–Kier alpha value is -5.28. The van der Waals surface area contributed by atoms with Gasteiger partial charge in [-0.15, -0.1) is 0 Å². The van der Waals surface area contributed by atoms with Gasteiger partial charge < -0.3 is 13.6 Å². The summed E-state index contributed by atoms with van der Waals surface area (Å²) in [5.41, 5.74) is 11.5. The van der Waals surface area contributed by atoms with Crippen molar-refractivity contribution in [3.05, 3.63) is 132 Å². The van der Waals surface area contributed by atoms with E-state index in [4.69, 9.17) is 4.42 Å². The number of benzene rings is 6. The monoisotopic (exact) mass is 526 g/mol. The molecule has 0 bridgehead atoms. The first-order chi connectivity index (χ1) is 20.2. The highest BCUT2D eigenvalue weighted by atomic mass is 16.3. The zero-order chi connectivity index (χ0) is 27.2. The number of hydrogen-bond donors (Lipinski definition) is 0. The van der Waals surface area contributed by atoms with Crippen LogP contribution in [-0.2, 0) is 0 Å². The number of rotatable bonds is 2. The van der Waals surface area contributed by atoms with Gasteiger partial charge in [-0.1, -0.05) is 60.7 Å². The van der Waals surface area contributed by atoms with E-state index in [-0.39, 0.29) is 0 Å². The molecule has 0 saturated heterocycles. The fraction of sp³-hybridized carbons (Fsp3) is 0.0526. The van der Waals surface area contributed by atoms with Crippen molar-refractivity contribution in [1.29, 1.82) is 0 Å². The summed E-state index contributed by atoms with van der Waals surface area (Å²) < 4.78 is 11.1.